The summed E-state index contributed by atoms with van der Waals surface area (Å²) in [4.78, 5) is 17.3. The minimum absolute atomic E-state index is 0.0949. The normalized spacial score (nSPS) is 19.7. The molecule has 2 aromatic carbocycles. The van der Waals surface area contributed by atoms with E-state index in [1.54, 1.807) is 0 Å². The van der Waals surface area contributed by atoms with Crippen LogP contribution in [0, 0.1) is 5.92 Å². The number of benzene rings is 2. The number of hydrogen-bond donors (Lipinski definition) is 0. The largest absolute Gasteiger partial charge is 0.492 e. The molecule has 4 rings (SSSR count). The lowest BCUT2D eigenvalue weighted by molar-refractivity contribution is -0.133. The van der Waals surface area contributed by atoms with Crippen molar-refractivity contribution in [3.05, 3.63) is 53.1 Å². The first-order chi connectivity index (χ1) is 15.5. The smallest absolute Gasteiger partial charge is 0.226 e. The third-order valence-electron chi connectivity index (χ3n) is 6.85. The molecule has 32 heavy (non-hydrogen) atoms. The second-order valence-electron chi connectivity index (χ2n) is 9.50. The standard InChI is InChI=1S/C27H35ClN2O2/c1-29(2)16-17-32-24-11-9-21(10-12-24)25-13-8-20(19-26(25)28)18-22-14-15-30(27(22)31)23-6-4-3-5-7-23/h8-13,19,22-23H,3-7,14-18H2,1-2H3. The van der Waals surface area contributed by atoms with Crippen molar-refractivity contribution < 1.29 is 9.53 Å². The summed E-state index contributed by atoms with van der Waals surface area (Å²) < 4.78 is 5.78. The fourth-order valence-electron chi connectivity index (χ4n) is 4.99. The Morgan fingerprint density at radius 3 is 2.47 bits per heavy atom. The van der Waals surface area contributed by atoms with Crippen LogP contribution in [0.5, 0.6) is 5.75 Å². The second-order valence-corrected chi connectivity index (χ2v) is 9.91. The molecule has 4 nitrogen and oxygen atoms in total. The fraction of sp³-hybridized carbons (Fsp3) is 0.519. The van der Waals surface area contributed by atoms with Gasteiger partial charge in [0.2, 0.25) is 5.91 Å². The summed E-state index contributed by atoms with van der Waals surface area (Å²) in [5.41, 5.74) is 3.23. The third kappa shape index (κ3) is 5.65. The molecular weight excluding hydrogens is 420 g/mol. The SMILES string of the molecule is CN(C)CCOc1ccc(-c2ccc(CC3CCN(C4CCCCC4)C3=O)cc2Cl)cc1. The summed E-state index contributed by atoms with van der Waals surface area (Å²) in [6.07, 6.45) is 7.94. The quantitative estimate of drug-likeness (QED) is 0.515. The molecule has 2 fully saturated rings. The number of carbonyl (C=O) groups excluding carboxylic acids is 1. The summed E-state index contributed by atoms with van der Waals surface area (Å²) >= 11 is 6.66. The van der Waals surface area contributed by atoms with Gasteiger partial charge in [0.15, 0.2) is 0 Å². The Hall–Kier alpha value is -2.04. The number of likely N-dealkylation sites (tertiary alicyclic amines) is 1. The predicted octanol–water partition coefficient (Wildman–Crippen LogP) is 5.67. The highest BCUT2D eigenvalue weighted by atomic mass is 35.5. The first kappa shape index (κ1) is 23.1. The zero-order chi connectivity index (χ0) is 22.5. The number of hydrogen-bond acceptors (Lipinski definition) is 3. The van der Waals surface area contributed by atoms with Gasteiger partial charge in [0.25, 0.3) is 0 Å². The molecular formula is C27H35ClN2O2. The van der Waals surface area contributed by atoms with Crippen molar-refractivity contribution in [1.82, 2.24) is 9.80 Å². The Morgan fingerprint density at radius 2 is 1.78 bits per heavy atom. The summed E-state index contributed by atoms with van der Waals surface area (Å²) in [6, 6.07) is 14.8. The maximum Gasteiger partial charge on any atom is 0.226 e. The van der Waals surface area contributed by atoms with Gasteiger partial charge in [-0.05, 0) is 69.1 Å². The van der Waals surface area contributed by atoms with Crippen LogP contribution in [0.15, 0.2) is 42.5 Å². The lowest BCUT2D eigenvalue weighted by Gasteiger charge is -2.31. The molecule has 1 aliphatic carbocycles. The first-order valence-electron chi connectivity index (χ1n) is 12.0. The summed E-state index contributed by atoms with van der Waals surface area (Å²) in [5.74, 6) is 1.31. The number of ether oxygens (including phenoxy) is 1. The highest BCUT2D eigenvalue weighted by Crippen LogP contribution is 2.33. The number of rotatable bonds is 8. The van der Waals surface area contributed by atoms with Gasteiger partial charge in [-0.15, -0.1) is 0 Å². The van der Waals surface area contributed by atoms with Crippen LogP contribution < -0.4 is 4.74 Å². The zero-order valence-corrected chi connectivity index (χ0v) is 20.1. The summed E-state index contributed by atoms with van der Waals surface area (Å²) in [7, 11) is 4.07. The van der Waals surface area contributed by atoms with Crippen LogP contribution in [0.1, 0.15) is 44.1 Å². The van der Waals surface area contributed by atoms with Crippen molar-refractivity contribution in [1.29, 1.82) is 0 Å². The highest BCUT2D eigenvalue weighted by Gasteiger charge is 2.36. The molecule has 1 saturated heterocycles. The average Bonchev–Trinajstić information content (AvgIpc) is 3.15. The Morgan fingerprint density at radius 1 is 1.03 bits per heavy atom. The van der Waals surface area contributed by atoms with E-state index in [0.29, 0.717) is 18.6 Å². The molecule has 1 atom stereocenters. The van der Waals surface area contributed by atoms with Crippen molar-refractivity contribution in [3.8, 4) is 16.9 Å². The molecule has 0 aromatic heterocycles. The maximum atomic E-state index is 13.0. The molecule has 0 radical (unpaired) electrons. The van der Waals surface area contributed by atoms with E-state index >= 15 is 0 Å². The van der Waals surface area contributed by atoms with Crippen LogP contribution in [0.3, 0.4) is 0 Å². The van der Waals surface area contributed by atoms with Gasteiger partial charge in [-0.25, -0.2) is 0 Å². The van der Waals surface area contributed by atoms with E-state index in [-0.39, 0.29) is 5.92 Å². The fourth-order valence-corrected chi connectivity index (χ4v) is 5.30. The number of nitrogens with zero attached hydrogens (tertiary/aromatic N) is 2. The van der Waals surface area contributed by atoms with Crippen LogP contribution in [-0.2, 0) is 11.2 Å². The van der Waals surface area contributed by atoms with E-state index in [1.807, 2.05) is 32.3 Å². The van der Waals surface area contributed by atoms with Crippen molar-refractivity contribution >= 4 is 17.5 Å². The minimum atomic E-state index is 0.0949. The maximum absolute atomic E-state index is 13.0. The molecule has 0 N–H and O–H groups in total. The van der Waals surface area contributed by atoms with Crippen molar-refractivity contribution in [3.63, 3.8) is 0 Å². The Labute approximate surface area is 197 Å². The van der Waals surface area contributed by atoms with Gasteiger partial charge < -0.3 is 14.5 Å². The molecule has 1 saturated carbocycles. The van der Waals surface area contributed by atoms with Gasteiger partial charge in [-0.2, -0.15) is 0 Å². The molecule has 1 amide bonds. The number of amides is 1. The molecule has 2 aromatic rings. The zero-order valence-electron chi connectivity index (χ0n) is 19.4. The second kappa shape index (κ2) is 10.7. The average molecular weight is 455 g/mol. The van der Waals surface area contributed by atoms with E-state index in [2.05, 4.69) is 34.1 Å². The van der Waals surface area contributed by atoms with Crippen LogP contribution in [0.25, 0.3) is 11.1 Å². The summed E-state index contributed by atoms with van der Waals surface area (Å²) in [5, 5.41) is 0.735. The molecule has 1 unspecified atom stereocenters. The first-order valence-corrected chi connectivity index (χ1v) is 12.4. The summed E-state index contributed by atoms with van der Waals surface area (Å²) in [6.45, 7) is 2.47. The minimum Gasteiger partial charge on any atom is -0.492 e. The van der Waals surface area contributed by atoms with Crippen molar-refractivity contribution in [2.24, 2.45) is 5.92 Å². The molecule has 172 valence electrons. The molecule has 0 bridgehead atoms. The van der Waals surface area contributed by atoms with Gasteiger partial charge in [0.1, 0.15) is 12.4 Å². The lowest BCUT2D eigenvalue weighted by Crippen LogP contribution is -2.39. The van der Waals surface area contributed by atoms with Crippen LogP contribution >= 0.6 is 11.6 Å². The molecule has 1 aliphatic heterocycles. The van der Waals surface area contributed by atoms with Crippen LogP contribution in [0.2, 0.25) is 5.02 Å². The van der Waals surface area contributed by atoms with Crippen molar-refractivity contribution in [2.75, 3.05) is 33.8 Å². The topological polar surface area (TPSA) is 32.8 Å². The Bertz CT molecular complexity index is 906. The Kier molecular flexibility index (Phi) is 7.75. The van der Waals surface area contributed by atoms with Gasteiger partial charge >= 0.3 is 0 Å². The van der Waals surface area contributed by atoms with Gasteiger partial charge in [0, 0.05) is 35.6 Å². The number of likely N-dealkylation sites (N-methyl/N-ethyl adjacent to an activating group) is 1. The number of halogens is 1. The van der Waals surface area contributed by atoms with Crippen molar-refractivity contribution in [2.45, 2.75) is 51.0 Å². The molecule has 0 spiro atoms. The van der Waals surface area contributed by atoms with Crippen LogP contribution in [0.4, 0.5) is 0 Å². The van der Waals surface area contributed by atoms with E-state index in [1.165, 1.54) is 32.1 Å². The monoisotopic (exact) mass is 454 g/mol. The van der Waals surface area contributed by atoms with Gasteiger partial charge in [0.05, 0.1) is 0 Å². The molecule has 5 heteroatoms. The van der Waals surface area contributed by atoms with Crippen LogP contribution in [-0.4, -0.2) is 55.5 Å². The van der Waals surface area contributed by atoms with E-state index in [0.717, 1.165) is 53.4 Å². The predicted molar refractivity (Wildman–Crippen MR) is 131 cm³/mol. The van der Waals surface area contributed by atoms with E-state index < -0.39 is 0 Å². The molecule has 1 heterocycles. The highest BCUT2D eigenvalue weighted by molar-refractivity contribution is 6.33. The third-order valence-corrected chi connectivity index (χ3v) is 7.17. The van der Waals surface area contributed by atoms with E-state index in [4.69, 9.17) is 16.3 Å². The van der Waals surface area contributed by atoms with Gasteiger partial charge in [-0.3, -0.25) is 4.79 Å². The lowest BCUT2D eigenvalue weighted by atomic mass is 9.93. The van der Waals surface area contributed by atoms with Gasteiger partial charge in [-0.1, -0.05) is 55.1 Å². The number of carbonyl (C=O) groups is 1. The van der Waals surface area contributed by atoms with E-state index in [9.17, 15) is 4.79 Å². The molecule has 2 aliphatic rings. The Balaban J connectivity index is 1.36.